The van der Waals surface area contributed by atoms with Crippen LogP contribution in [0.4, 0.5) is 0 Å². The fraction of sp³-hybridized carbons (Fsp3) is 0.731. The summed E-state index contributed by atoms with van der Waals surface area (Å²) in [6.45, 7) is 5.65. The topological polar surface area (TPSA) is 26.3 Å². The van der Waals surface area contributed by atoms with Gasteiger partial charge >= 0.3 is 0 Å². The van der Waals surface area contributed by atoms with Gasteiger partial charge < -0.3 is 4.74 Å². The molecule has 4 saturated carbocycles. The van der Waals surface area contributed by atoms with Crippen LogP contribution in [0.1, 0.15) is 77.2 Å². The lowest BCUT2D eigenvalue weighted by atomic mass is 9.45. The van der Waals surface area contributed by atoms with Gasteiger partial charge in [0.2, 0.25) is 0 Å². The third-order valence-corrected chi connectivity index (χ3v) is 9.66. The van der Waals surface area contributed by atoms with E-state index in [4.69, 9.17) is 4.74 Å². The van der Waals surface area contributed by atoms with Crippen molar-refractivity contribution in [1.29, 1.82) is 0 Å². The van der Waals surface area contributed by atoms with Crippen LogP contribution in [0.25, 0.3) is 0 Å². The molecule has 7 atom stereocenters. The van der Waals surface area contributed by atoms with Crippen LogP contribution in [0.5, 0.6) is 0 Å². The first kappa shape index (κ1) is 18.9. The molecule has 28 heavy (non-hydrogen) atoms. The molecule has 4 aliphatic rings. The van der Waals surface area contributed by atoms with Crippen LogP contribution in [0.15, 0.2) is 30.3 Å². The van der Waals surface area contributed by atoms with Crippen molar-refractivity contribution in [2.24, 2.45) is 34.5 Å². The van der Waals surface area contributed by atoms with E-state index in [-0.39, 0.29) is 5.41 Å². The molecule has 0 radical (unpaired) electrons. The lowest BCUT2D eigenvalue weighted by molar-refractivity contribution is -0.145. The molecule has 0 saturated heterocycles. The van der Waals surface area contributed by atoms with E-state index >= 15 is 0 Å². The van der Waals surface area contributed by atoms with Crippen molar-refractivity contribution >= 4 is 5.78 Å². The number of ether oxygens (including phenoxy) is 1. The minimum atomic E-state index is 0.0142. The van der Waals surface area contributed by atoms with Gasteiger partial charge in [-0.25, -0.2) is 0 Å². The maximum absolute atomic E-state index is 12.6. The maximum Gasteiger partial charge on any atom is 0.139 e. The Labute approximate surface area is 170 Å². The van der Waals surface area contributed by atoms with Crippen molar-refractivity contribution in [2.45, 2.75) is 84.3 Å². The third kappa shape index (κ3) is 2.90. The summed E-state index contributed by atoms with van der Waals surface area (Å²) in [7, 11) is 0. The number of carbonyl (C=O) groups is 1. The van der Waals surface area contributed by atoms with Crippen LogP contribution >= 0.6 is 0 Å². The molecule has 2 nitrogen and oxygen atoms in total. The van der Waals surface area contributed by atoms with E-state index in [1.807, 2.05) is 0 Å². The van der Waals surface area contributed by atoms with Crippen molar-refractivity contribution in [3.8, 4) is 0 Å². The molecule has 0 heterocycles. The molecule has 0 aromatic heterocycles. The largest absolute Gasteiger partial charge is 0.374 e. The first-order chi connectivity index (χ1) is 13.5. The van der Waals surface area contributed by atoms with Gasteiger partial charge in [0.25, 0.3) is 0 Å². The summed E-state index contributed by atoms with van der Waals surface area (Å²) >= 11 is 0. The number of rotatable bonds is 3. The van der Waals surface area contributed by atoms with E-state index in [2.05, 4.69) is 44.2 Å². The molecule has 0 aliphatic heterocycles. The van der Waals surface area contributed by atoms with E-state index in [1.165, 1.54) is 50.5 Å². The van der Waals surface area contributed by atoms with Gasteiger partial charge in [-0.3, -0.25) is 4.79 Å². The number of benzene rings is 1. The highest BCUT2D eigenvalue weighted by molar-refractivity contribution is 5.87. The molecular formula is C26H36O2. The Morgan fingerprint density at radius 1 is 0.964 bits per heavy atom. The number of fused-ring (bicyclic) bond motifs is 5. The summed E-state index contributed by atoms with van der Waals surface area (Å²) in [5, 5.41) is 0. The zero-order valence-electron chi connectivity index (χ0n) is 17.7. The number of ketones is 1. The van der Waals surface area contributed by atoms with E-state index in [0.717, 1.165) is 37.2 Å². The first-order valence-corrected chi connectivity index (χ1v) is 11.7. The van der Waals surface area contributed by atoms with Gasteiger partial charge in [0.05, 0.1) is 12.7 Å². The Kier molecular flexibility index (Phi) is 4.69. The Bertz CT molecular complexity index is 727. The van der Waals surface area contributed by atoms with E-state index < -0.39 is 0 Å². The quantitative estimate of drug-likeness (QED) is 0.625. The Morgan fingerprint density at radius 2 is 1.79 bits per heavy atom. The second-order valence-electron chi connectivity index (χ2n) is 10.8. The number of hydrogen-bond donors (Lipinski definition) is 0. The Morgan fingerprint density at radius 3 is 2.61 bits per heavy atom. The third-order valence-electron chi connectivity index (χ3n) is 9.66. The summed E-state index contributed by atoms with van der Waals surface area (Å²) in [6.07, 6.45) is 11.3. The fourth-order valence-electron chi connectivity index (χ4n) is 7.93. The average Bonchev–Trinajstić information content (AvgIpc) is 3.02. The normalized spacial score (nSPS) is 45.2. The molecule has 4 fully saturated rings. The smallest absolute Gasteiger partial charge is 0.139 e. The summed E-state index contributed by atoms with van der Waals surface area (Å²) in [5.41, 5.74) is 1.78. The summed E-state index contributed by atoms with van der Waals surface area (Å²) in [4.78, 5) is 12.6. The number of Topliss-reactive ketones (excluding diaryl/α,β-unsaturated/α-hetero) is 1. The van der Waals surface area contributed by atoms with E-state index in [9.17, 15) is 4.79 Å². The standard InChI is InChI=1S/C26H36O2/c1-25-14-12-20(28-17-18-6-4-3-5-7-18)16-19(25)8-9-21-22-10-11-24(27)26(22,2)15-13-23(21)25/h3-7,19-23H,8-17H2,1-2H3/t19-,20+,21-,22+,23-,25+,26+/m0/s1. The van der Waals surface area contributed by atoms with Crippen molar-refractivity contribution in [1.82, 2.24) is 0 Å². The number of hydrogen-bond acceptors (Lipinski definition) is 2. The van der Waals surface area contributed by atoms with Crippen LogP contribution in [-0.2, 0) is 16.1 Å². The minimum Gasteiger partial charge on any atom is -0.374 e. The zero-order valence-corrected chi connectivity index (χ0v) is 17.7. The predicted molar refractivity (Wildman–Crippen MR) is 112 cm³/mol. The van der Waals surface area contributed by atoms with Gasteiger partial charge in [-0.05, 0) is 86.0 Å². The Hall–Kier alpha value is -1.15. The molecule has 5 rings (SSSR count). The highest BCUT2D eigenvalue weighted by atomic mass is 16.5. The molecule has 1 aromatic rings. The van der Waals surface area contributed by atoms with Gasteiger partial charge in [0.1, 0.15) is 5.78 Å². The van der Waals surface area contributed by atoms with Gasteiger partial charge in [-0.15, -0.1) is 0 Å². The molecule has 0 unspecified atom stereocenters. The number of carbonyl (C=O) groups excluding carboxylic acids is 1. The van der Waals surface area contributed by atoms with Crippen molar-refractivity contribution < 1.29 is 9.53 Å². The average molecular weight is 381 g/mol. The predicted octanol–water partition coefficient (Wildman–Crippen LogP) is 6.18. The lowest BCUT2D eigenvalue weighted by Crippen LogP contribution is -2.54. The van der Waals surface area contributed by atoms with Crippen LogP contribution in [0.3, 0.4) is 0 Å². The van der Waals surface area contributed by atoms with Crippen molar-refractivity contribution in [3.05, 3.63) is 35.9 Å². The SMILES string of the molecule is C[C@@]12CC[C@@H](OCc3ccccc3)C[C@@H]1CC[C@H]1[C@H]3CCC(=O)[C@]3(C)CC[C@@H]12. The minimum absolute atomic E-state index is 0.0142. The van der Waals surface area contributed by atoms with Crippen molar-refractivity contribution in [3.63, 3.8) is 0 Å². The van der Waals surface area contributed by atoms with E-state index in [1.54, 1.807) is 0 Å². The fourth-order valence-corrected chi connectivity index (χ4v) is 7.93. The van der Waals surface area contributed by atoms with Gasteiger partial charge in [0.15, 0.2) is 0 Å². The highest BCUT2D eigenvalue weighted by Crippen LogP contribution is 2.65. The van der Waals surface area contributed by atoms with Gasteiger partial charge in [0, 0.05) is 11.8 Å². The molecule has 0 N–H and O–H groups in total. The molecule has 2 heteroatoms. The summed E-state index contributed by atoms with van der Waals surface area (Å²) in [5.74, 6) is 3.69. The second-order valence-corrected chi connectivity index (χ2v) is 10.8. The van der Waals surface area contributed by atoms with Crippen LogP contribution in [-0.4, -0.2) is 11.9 Å². The molecular weight excluding hydrogens is 344 g/mol. The maximum atomic E-state index is 12.6. The zero-order chi connectivity index (χ0) is 19.4. The molecule has 1 aromatic carbocycles. The molecule has 0 amide bonds. The first-order valence-electron chi connectivity index (χ1n) is 11.7. The summed E-state index contributed by atoms with van der Waals surface area (Å²) < 4.78 is 6.35. The van der Waals surface area contributed by atoms with Crippen molar-refractivity contribution in [2.75, 3.05) is 0 Å². The highest BCUT2D eigenvalue weighted by Gasteiger charge is 2.60. The molecule has 152 valence electrons. The van der Waals surface area contributed by atoms with Crippen LogP contribution < -0.4 is 0 Å². The molecule has 0 bridgehead atoms. The lowest BCUT2D eigenvalue weighted by Gasteiger charge is -2.60. The second kappa shape index (κ2) is 6.97. The monoisotopic (exact) mass is 380 g/mol. The van der Waals surface area contributed by atoms with Gasteiger partial charge in [-0.1, -0.05) is 44.2 Å². The van der Waals surface area contributed by atoms with Crippen LogP contribution in [0.2, 0.25) is 0 Å². The molecule has 0 spiro atoms. The van der Waals surface area contributed by atoms with Gasteiger partial charge in [-0.2, -0.15) is 0 Å². The van der Waals surface area contributed by atoms with E-state index in [0.29, 0.717) is 23.2 Å². The molecule has 4 aliphatic carbocycles. The Balaban J connectivity index is 1.27. The summed E-state index contributed by atoms with van der Waals surface area (Å²) in [6, 6.07) is 10.6. The van der Waals surface area contributed by atoms with Crippen LogP contribution in [0, 0.1) is 34.5 Å².